The fourth-order valence-corrected chi connectivity index (χ4v) is 3.92. The number of methoxy groups -OCH3 is 1. The van der Waals surface area contributed by atoms with Crippen LogP contribution in [0.4, 0.5) is 0 Å². The van der Waals surface area contributed by atoms with Crippen LogP contribution in [-0.2, 0) is 20.7 Å². The second kappa shape index (κ2) is 6.97. The van der Waals surface area contributed by atoms with Crippen LogP contribution in [0.15, 0.2) is 5.16 Å². The number of carbonyl (C=O) groups excluding carboxylic acids is 1. The van der Waals surface area contributed by atoms with Gasteiger partial charge in [-0.1, -0.05) is 18.7 Å². The predicted octanol–water partition coefficient (Wildman–Crippen LogP) is 0.625. The summed E-state index contributed by atoms with van der Waals surface area (Å²) in [5.41, 5.74) is 0. The van der Waals surface area contributed by atoms with Crippen molar-refractivity contribution in [2.24, 2.45) is 11.8 Å². The third kappa shape index (κ3) is 3.13. The van der Waals surface area contributed by atoms with Gasteiger partial charge in [0.1, 0.15) is 5.82 Å². The van der Waals surface area contributed by atoms with Crippen LogP contribution in [0, 0.1) is 11.8 Å². The lowest BCUT2D eigenvalue weighted by Crippen LogP contribution is -2.63. The minimum Gasteiger partial charge on any atom is -0.384 e. The molecule has 1 aliphatic heterocycles. The molecule has 2 aliphatic rings. The van der Waals surface area contributed by atoms with Crippen molar-refractivity contribution >= 4 is 17.7 Å². The van der Waals surface area contributed by atoms with Gasteiger partial charge in [0.25, 0.3) is 0 Å². The Balaban J connectivity index is 1.48. The Bertz CT molecular complexity index is 524. The second-order valence-corrected chi connectivity index (χ2v) is 6.65. The zero-order valence-electron chi connectivity index (χ0n) is 12.9. The highest BCUT2D eigenvalue weighted by atomic mass is 32.2. The third-order valence-electron chi connectivity index (χ3n) is 4.39. The van der Waals surface area contributed by atoms with E-state index in [0.717, 1.165) is 25.3 Å². The number of hydrogen-bond donors (Lipinski definition) is 2. The van der Waals surface area contributed by atoms with E-state index in [0.29, 0.717) is 23.4 Å². The number of aromatic amines is 1. The van der Waals surface area contributed by atoms with Crippen LogP contribution in [-0.4, -0.2) is 59.3 Å². The molecular weight excluding hydrogens is 304 g/mol. The molecule has 1 aliphatic carbocycles. The Morgan fingerprint density at radius 2 is 2.45 bits per heavy atom. The van der Waals surface area contributed by atoms with Crippen molar-refractivity contribution < 1.29 is 14.3 Å². The van der Waals surface area contributed by atoms with Crippen LogP contribution >= 0.6 is 11.8 Å². The summed E-state index contributed by atoms with van der Waals surface area (Å²) < 4.78 is 11.0. The molecule has 4 atom stereocenters. The van der Waals surface area contributed by atoms with Crippen LogP contribution in [0.25, 0.3) is 0 Å². The summed E-state index contributed by atoms with van der Waals surface area (Å²) in [4.78, 5) is 16.4. The standard InChI is InChI=1S/C14H22N4O3S/c1-3-10-15-14(18-17-10)22-7-11(19)16-12-8-4-5-21-13(8)9(12)6-20-2/h8-9,12-13H,3-7H2,1-2H3,(H,16,19)(H,15,17,18)/t8-,9+,12-,13-/m1/s1. The van der Waals surface area contributed by atoms with Crippen molar-refractivity contribution in [2.75, 3.05) is 26.1 Å². The lowest BCUT2D eigenvalue weighted by Gasteiger charge is -2.47. The number of hydrogen-bond acceptors (Lipinski definition) is 6. The zero-order valence-corrected chi connectivity index (χ0v) is 13.7. The van der Waals surface area contributed by atoms with Crippen LogP contribution in [0.1, 0.15) is 19.2 Å². The van der Waals surface area contributed by atoms with Crippen LogP contribution < -0.4 is 5.32 Å². The van der Waals surface area contributed by atoms with Gasteiger partial charge in [0.2, 0.25) is 11.1 Å². The molecule has 122 valence electrons. The first-order valence-electron chi connectivity index (χ1n) is 7.67. The van der Waals surface area contributed by atoms with Crippen molar-refractivity contribution in [3.8, 4) is 0 Å². The van der Waals surface area contributed by atoms with Gasteiger partial charge in [-0.15, -0.1) is 5.10 Å². The lowest BCUT2D eigenvalue weighted by atomic mass is 9.67. The molecular formula is C14H22N4O3S. The number of rotatable bonds is 7. The van der Waals surface area contributed by atoms with Gasteiger partial charge < -0.3 is 14.8 Å². The molecule has 2 fully saturated rings. The highest BCUT2D eigenvalue weighted by Gasteiger charge is 2.54. The van der Waals surface area contributed by atoms with Gasteiger partial charge in [0.15, 0.2) is 0 Å². The van der Waals surface area contributed by atoms with Gasteiger partial charge in [-0.3, -0.25) is 9.89 Å². The Kier molecular flexibility index (Phi) is 5.00. The molecule has 1 saturated heterocycles. The normalized spacial score (nSPS) is 29.9. The molecule has 0 unspecified atom stereocenters. The molecule has 0 radical (unpaired) electrons. The average molecular weight is 326 g/mol. The first kappa shape index (κ1) is 15.8. The molecule has 1 saturated carbocycles. The summed E-state index contributed by atoms with van der Waals surface area (Å²) in [5, 5.41) is 10.7. The summed E-state index contributed by atoms with van der Waals surface area (Å²) in [6.07, 6.45) is 2.07. The summed E-state index contributed by atoms with van der Waals surface area (Å²) in [7, 11) is 1.69. The van der Waals surface area contributed by atoms with Gasteiger partial charge >= 0.3 is 0 Å². The number of thioether (sulfide) groups is 1. The van der Waals surface area contributed by atoms with E-state index in [2.05, 4.69) is 20.5 Å². The van der Waals surface area contributed by atoms with E-state index >= 15 is 0 Å². The van der Waals surface area contributed by atoms with E-state index in [1.807, 2.05) is 6.92 Å². The second-order valence-electron chi connectivity index (χ2n) is 5.71. The summed E-state index contributed by atoms with van der Waals surface area (Å²) in [5.74, 6) is 1.89. The number of aryl methyl sites for hydroxylation is 1. The molecule has 3 rings (SSSR count). The first-order chi connectivity index (χ1) is 10.7. The van der Waals surface area contributed by atoms with Gasteiger partial charge in [-0.25, -0.2) is 4.98 Å². The van der Waals surface area contributed by atoms with Crippen molar-refractivity contribution in [1.29, 1.82) is 0 Å². The van der Waals surface area contributed by atoms with Gasteiger partial charge in [-0.2, -0.15) is 0 Å². The molecule has 1 aromatic rings. The maximum Gasteiger partial charge on any atom is 0.230 e. The number of amides is 1. The fraction of sp³-hybridized carbons (Fsp3) is 0.786. The molecule has 0 aromatic carbocycles. The quantitative estimate of drug-likeness (QED) is 0.714. The molecule has 1 aromatic heterocycles. The summed E-state index contributed by atoms with van der Waals surface area (Å²) in [6, 6.07) is 0.166. The third-order valence-corrected chi connectivity index (χ3v) is 5.24. The van der Waals surface area contributed by atoms with E-state index in [9.17, 15) is 4.79 Å². The minimum absolute atomic E-state index is 0.0179. The van der Waals surface area contributed by atoms with Crippen molar-refractivity contribution in [2.45, 2.75) is 37.1 Å². The molecule has 8 heteroatoms. The Morgan fingerprint density at radius 3 is 3.18 bits per heavy atom. The van der Waals surface area contributed by atoms with E-state index in [1.54, 1.807) is 7.11 Å². The number of ether oxygens (including phenoxy) is 2. The van der Waals surface area contributed by atoms with Gasteiger partial charge in [0, 0.05) is 38.0 Å². The molecule has 2 heterocycles. The van der Waals surface area contributed by atoms with E-state index < -0.39 is 0 Å². The number of aromatic nitrogens is 3. The van der Waals surface area contributed by atoms with Gasteiger partial charge in [0.05, 0.1) is 18.5 Å². The Morgan fingerprint density at radius 1 is 1.59 bits per heavy atom. The Hall–Kier alpha value is -1.12. The van der Waals surface area contributed by atoms with Crippen LogP contribution in [0.3, 0.4) is 0 Å². The smallest absolute Gasteiger partial charge is 0.230 e. The lowest BCUT2D eigenvalue weighted by molar-refractivity contribution is -0.127. The molecule has 22 heavy (non-hydrogen) atoms. The molecule has 2 N–H and O–H groups in total. The average Bonchev–Trinajstić information content (AvgIpc) is 3.15. The predicted molar refractivity (Wildman–Crippen MR) is 81.6 cm³/mol. The monoisotopic (exact) mass is 326 g/mol. The molecule has 0 spiro atoms. The molecule has 1 amide bonds. The van der Waals surface area contributed by atoms with Crippen LogP contribution in [0.2, 0.25) is 0 Å². The number of carbonyl (C=O) groups is 1. The highest BCUT2D eigenvalue weighted by Crippen LogP contribution is 2.43. The first-order valence-corrected chi connectivity index (χ1v) is 8.65. The highest BCUT2D eigenvalue weighted by molar-refractivity contribution is 7.99. The number of nitrogens with one attached hydrogen (secondary N) is 2. The molecule has 0 bridgehead atoms. The zero-order chi connectivity index (χ0) is 15.5. The van der Waals surface area contributed by atoms with Crippen LogP contribution in [0.5, 0.6) is 0 Å². The van der Waals surface area contributed by atoms with E-state index in [4.69, 9.17) is 9.47 Å². The fourth-order valence-electron chi connectivity index (χ4n) is 3.29. The topological polar surface area (TPSA) is 89.1 Å². The maximum atomic E-state index is 12.2. The summed E-state index contributed by atoms with van der Waals surface area (Å²) in [6.45, 7) is 3.42. The molecule has 7 nitrogen and oxygen atoms in total. The van der Waals surface area contributed by atoms with E-state index in [1.165, 1.54) is 11.8 Å². The number of H-pyrrole nitrogens is 1. The Labute approximate surface area is 133 Å². The van der Waals surface area contributed by atoms with Crippen molar-refractivity contribution in [3.63, 3.8) is 0 Å². The number of nitrogens with zero attached hydrogens (tertiary/aromatic N) is 2. The van der Waals surface area contributed by atoms with Crippen molar-refractivity contribution in [1.82, 2.24) is 20.5 Å². The van der Waals surface area contributed by atoms with E-state index in [-0.39, 0.29) is 24.0 Å². The number of fused-ring (bicyclic) bond motifs is 1. The maximum absolute atomic E-state index is 12.2. The summed E-state index contributed by atoms with van der Waals surface area (Å²) >= 11 is 1.35. The van der Waals surface area contributed by atoms with Gasteiger partial charge in [-0.05, 0) is 6.42 Å². The largest absolute Gasteiger partial charge is 0.384 e. The van der Waals surface area contributed by atoms with Crippen molar-refractivity contribution in [3.05, 3.63) is 5.82 Å². The SMILES string of the molecule is CCc1nc(SCC(=O)N[C@@H]2[C@H]3CCO[C@H]3[C@H]2COC)n[nH]1. The minimum atomic E-state index is 0.0179.